The Morgan fingerprint density at radius 2 is 1.67 bits per heavy atom. The number of rotatable bonds is 5. The van der Waals surface area contributed by atoms with Gasteiger partial charge in [0.15, 0.2) is 0 Å². The Morgan fingerprint density at radius 1 is 1.00 bits per heavy atom. The molecule has 1 fully saturated rings. The van der Waals surface area contributed by atoms with Crippen LogP contribution in [0.25, 0.3) is 0 Å². The molecule has 1 aliphatic heterocycles. The van der Waals surface area contributed by atoms with Crippen molar-refractivity contribution in [2.75, 3.05) is 25.1 Å². The quantitative estimate of drug-likeness (QED) is 0.369. The van der Waals surface area contributed by atoms with E-state index in [9.17, 15) is 26.3 Å². The zero-order valence-corrected chi connectivity index (χ0v) is 20.5. The predicted octanol–water partition coefficient (Wildman–Crippen LogP) is 4.52. The van der Waals surface area contributed by atoms with Crippen LogP contribution < -0.4 is 5.32 Å². The third-order valence-corrected chi connectivity index (χ3v) is 5.32. The number of carboxylic acid groups (broad SMARTS) is 2. The van der Waals surface area contributed by atoms with Gasteiger partial charge in [0.1, 0.15) is 17.5 Å². The van der Waals surface area contributed by atoms with Gasteiger partial charge in [-0.1, -0.05) is 6.07 Å². The highest BCUT2D eigenvalue weighted by atomic mass is 32.1. The molecule has 1 unspecified atom stereocenters. The summed E-state index contributed by atoms with van der Waals surface area (Å²) in [6, 6.07) is 9.81. The molecule has 0 aliphatic carbocycles. The number of halogens is 6. The second-order valence-electron chi connectivity index (χ2n) is 7.44. The van der Waals surface area contributed by atoms with Gasteiger partial charge in [-0.25, -0.2) is 24.5 Å². The van der Waals surface area contributed by atoms with E-state index in [-0.39, 0.29) is 6.04 Å². The number of nitrogens with one attached hydrogen (secondary N) is 1. The Balaban J connectivity index is 0.000000317. The van der Waals surface area contributed by atoms with Crippen LogP contribution in [0.2, 0.25) is 0 Å². The monoisotopic (exact) mass is 581 g/mol. The Labute approximate surface area is 220 Å². The number of thiophene rings is 1. The highest BCUT2D eigenvalue weighted by Crippen LogP contribution is 2.25. The van der Waals surface area contributed by atoms with Crippen molar-refractivity contribution in [2.24, 2.45) is 0 Å². The molecule has 1 saturated heterocycles. The number of nitrogens with zero attached hydrogens (tertiary/aromatic N) is 4. The fraction of sp³-hybridized carbons (Fsp3) is 0.318. The van der Waals surface area contributed by atoms with E-state index in [4.69, 9.17) is 24.5 Å². The van der Waals surface area contributed by atoms with E-state index in [0.717, 1.165) is 37.2 Å². The van der Waals surface area contributed by atoms with Crippen LogP contribution in [0.3, 0.4) is 0 Å². The lowest BCUT2D eigenvalue weighted by Gasteiger charge is -2.34. The highest BCUT2D eigenvalue weighted by molar-refractivity contribution is 7.07. The first-order valence-corrected chi connectivity index (χ1v) is 11.7. The van der Waals surface area contributed by atoms with Gasteiger partial charge in [-0.15, -0.1) is 0 Å². The molecule has 1 aliphatic rings. The second-order valence-corrected chi connectivity index (χ2v) is 8.22. The summed E-state index contributed by atoms with van der Waals surface area (Å²) < 4.78 is 69.2. The van der Waals surface area contributed by atoms with Crippen molar-refractivity contribution in [3.05, 3.63) is 64.9 Å². The lowest BCUT2D eigenvalue weighted by molar-refractivity contribution is -0.193. The number of pyridine rings is 1. The number of anilines is 2. The molecule has 3 aromatic heterocycles. The normalized spacial score (nSPS) is 15.7. The van der Waals surface area contributed by atoms with Crippen molar-refractivity contribution >= 4 is 34.9 Å². The fourth-order valence-corrected chi connectivity index (χ4v) is 3.51. The maximum absolute atomic E-state index is 10.6. The predicted molar refractivity (Wildman–Crippen MR) is 125 cm³/mol. The molecule has 0 aromatic carbocycles. The maximum atomic E-state index is 10.6. The van der Waals surface area contributed by atoms with Crippen LogP contribution in [0.5, 0.6) is 0 Å². The van der Waals surface area contributed by atoms with Gasteiger partial charge in [0.05, 0.1) is 19.3 Å². The highest BCUT2D eigenvalue weighted by Gasteiger charge is 2.38. The van der Waals surface area contributed by atoms with Crippen LogP contribution in [0.15, 0.2) is 53.5 Å². The molecule has 0 saturated carbocycles. The van der Waals surface area contributed by atoms with E-state index in [1.54, 1.807) is 23.7 Å². The minimum Gasteiger partial charge on any atom is -0.475 e. The van der Waals surface area contributed by atoms with Crippen molar-refractivity contribution in [1.29, 1.82) is 0 Å². The third kappa shape index (κ3) is 11.2. The van der Waals surface area contributed by atoms with E-state index in [1.165, 1.54) is 5.56 Å². The van der Waals surface area contributed by atoms with Crippen molar-refractivity contribution in [2.45, 2.75) is 24.9 Å². The molecule has 0 amide bonds. The van der Waals surface area contributed by atoms with Gasteiger partial charge in [0, 0.05) is 25.5 Å². The topological polar surface area (TPSA) is 138 Å². The largest absolute Gasteiger partial charge is 0.490 e. The molecule has 10 nitrogen and oxygen atoms in total. The van der Waals surface area contributed by atoms with Gasteiger partial charge < -0.3 is 20.3 Å². The second kappa shape index (κ2) is 14.4. The summed E-state index contributed by atoms with van der Waals surface area (Å²) in [7, 11) is 0. The van der Waals surface area contributed by atoms with Crippen LogP contribution >= 0.6 is 11.3 Å². The smallest absolute Gasteiger partial charge is 0.475 e. The van der Waals surface area contributed by atoms with Gasteiger partial charge >= 0.3 is 24.3 Å². The molecule has 0 spiro atoms. The number of morpholine rings is 1. The molecule has 17 heteroatoms. The molecule has 1 atom stereocenters. The molecular weight excluding hydrogens is 560 g/mol. The summed E-state index contributed by atoms with van der Waals surface area (Å²) in [4.78, 5) is 33.6. The molecule has 4 heterocycles. The molecule has 0 bridgehead atoms. The molecule has 4 rings (SSSR count). The maximum Gasteiger partial charge on any atom is 0.490 e. The number of alkyl halides is 6. The van der Waals surface area contributed by atoms with Crippen LogP contribution in [0.1, 0.15) is 17.4 Å². The summed E-state index contributed by atoms with van der Waals surface area (Å²) in [5.74, 6) is -3.23. The molecular formula is C22H21F6N5O5S. The van der Waals surface area contributed by atoms with Crippen molar-refractivity contribution in [3.63, 3.8) is 0 Å². The number of aromatic nitrogens is 3. The zero-order valence-electron chi connectivity index (χ0n) is 19.7. The van der Waals surface area contributed by atoms with Crippen LogP contribution in [-0.4, -0.2) is 74.1 Å². The van der Waals surface area contributed by atoms with E-state index >= 15 is 0 Å². The average molecular weight is 581 g/mol. The lowest BCUT2D eigenvalue weighted by atomic mass is 10.2. The number of hydrogen-bond acceptors (Lipinski definition) is 9. The number of ether oxygens (including phenoxy) is 1. The number of carboxylic acids is 2. The minimum atomic E-state index is -5.08. The summed E-state index contributed by atoms with van der Waals surface area (Å²) in [5, 5.41) is 21.8. The Morgan fingerprint density at radius 3 is 2.21 bits per heavy atom. The number of aliphatic carboxylic acids is 2. The molecule has 212 valence electrons. The van der Waals surface area contributed by atoms with Gasteiger partial charge in [0.2, 0.25) is 0 Å². The van der Waals surface area contributed by atoms with Crippen LogP contribution in [-0.2, 0) is 20.9 Å². The fourth-order valence-electron chi connectivity index (χ4n) is 2.85. The van der Waals surface area contributed by atoms with E-state index in [0.29, 0.717) is 6.61 Å². The minimum absolute atomic E-state index is 0.0548. The van der Waals surface area contributed by atoms with Crippen LogP contribution in [0, 0.1) is 0 Å². The molecule has 3 N–H and O–H groups in total. The van der Waals surface area contributed by atoms with Gasteiger partial charge in [-0.05, 0) is 40.6 Å². The van der Waals surface area contributed by atoms with E-state index in [1.807, 2.05) is 24.3 Å². The first kappa shape index (κ1) is 31.4. The van der Waals surface area contributed by atoms with E-state index < -0.39 is 24.3 Å². The van der Waals surface area contributed by atoms with Crippen molar-refractivity contribution in [1.82, 2.24) is 19.9 Å². The number of carbonyl (C=O) groups is 2. The van der Waals surface area contributed by atoms with Crippen molar-refractivity contribution < 1.29 is 50.9 Å². The summed E-state index contributed by atoms with van der Waals surface area (Å²) in [5.41, 5.74) is 1.32. The van der Waals surface area contributed by atoms with Gasteiger partial charge in [-0.3, -0.25) is 4.90 Å². The Bertz CT molecular complexity index is 1160. The third-order valence-electron chi connectivity index (χ3n) is 4.58. The SMILES string of the molecule is O=C(O)C(F)(F)F.O=C(O)C(F)(F)F.c1ccc(Nc2ccnc(C3COCCN3Cc3ccsc3)n2)nc1. The Hall–Kier alpha value is -3.83. The first-order valence-electron chi connectivity index (χ1n) is 10.7. The molecule has 39 heavy (non-hydrogen) atoms. The lowest BCUT2D eigenvalue weighted by Crippen LogP contribution is -2.39. The zero-order chi connectivity index (χ0) is 29.1. The van der Waals surface area contributed by atoms with Gasteiger partial charge in [-0.2, -0.15) is 37.7 Å². The molecule has 3 aromatic rings. The summed E-state index contributed by atoms with van der Waals surface area (Å²) >= 11 is 1.72. The van der Waals surface area contributed by atoms with E-state index in [2.05, 4.69) is 42.0 Å². The van der Waals surface area contributed by atoms with Gasteiger partial charge in [0.25, 0.3) is 0 Å². The average Bonchev–Trinajstić information content (AvgIpc) is 3.38. The van der Waals surface area contributed by atoms with Crippen molar-refractivity contribution in [3.8, 4) is 0 Å². The first-order chi connectivity index (χ1) is 18.3. The van der Waals surface area contributed by atoms with Crippen LogP contribution in [0.4, 0.5) is 38.0 Å². The summed E-state index contributed by atoms with van der Waals surface area (Å²) in [6.07, 6.45) is -6.63. The Kier molecular flexibility index (Phi) is 11.6. The standard InChI is InChI=1S/C18H19N5OS.2C2HF3O2/c1-2-6-19-16(3-1)21-17-4-7-20-18(22-17)15-12-24-9-8-23(15)11-14-5-10-25-13-14;2*3-2(4,5)1(6)7/h1-7,10,13,15H,8-9,11-12H2,(H,19,20,21,22);2*(H,6,7). The molecule has 0 radical (unpaired) electrons. The number of hydrogen-bond donors (Lipinski definition) is 3. The summed E-state index contributed by atoms with van der Waals surface area (Å²) in [6.45, 7) is 3.12.